The normalized spacial score (nSPS) is 20.4. The van der Waals surface area contributed by atoms with E-state index in [2.05, 4.69) is 91.9 Å². The average Bonchev–Trinajstić information content (AvgIpc) is 3.95. The molecule has 3 N–H and O–H groups in total. The van der Waals surface area contributed by atoms with Crippen molar-refractivity contribution >= 4 is 29.9 Å². The predicted molar refractivity (Wildman–Crippen MR) is 218 cm³/mol. The monoisotopic (exact) mass is 780 g/mol. The van der Waals surface area contributed by atoms with Gasteiger partial charge >= 0.3 is 6.03 Å². The quantitative estimate of drug-likeness (QED) is 0.162. The van der Waals surface area contributed by atoms with Gasteiger partial charge in [-0.1, -0.05) is 45.0 Å². The summed E-state index contributed by atoms with van der Waals surface area (Å²) in [5.74, 6) is 2.24. The number of hydrogen-bond donors (Lipinski definition) is 3. The first kappa shape index (κ1) is 39.7. The Hall–Kier alpha value is -5.48. The minimum Gasteiger partial charge on any atom is -0.484 e. The van der Waals surface area contributed by atoms with Gasteiger partial charge < -0.3 is 25.0 Å². The zero-order chi connectivity index (χ0) is 40.1. The summed E-state index contributed by atoms with van der Waals surface area (Å²) in [6, 6.07) is 14.1. The molecule has 0 unspecified atom stereocenters. The van der Waals surface area contributed by atoms with E-state index in [1.807, 2.05) is 53.6 Å². The second kappa shape index (κ2) is 17.3. The van der Waals surface area contributed by atoms with Gasteiger partial charge in [-0.2, -0.15) is 10.2 Å². The summed E-state index contributed by atoms with van der Waals surface area (Å²) in [6.45, 7) is 15.4. The van der Waals surface area contributed by atoms with E-state index in [-0.39, 0.29) is 30.1 Å². The van der Waals surface area contributed by atoms with Gasteiger partial charge in [0, 0.05) is 56.8 Å². The van der Waals surface area contributed by atoms with Crippen molar-refractivity contribution in [2.75, 3.05) is 56.5 Å². The maximum absolute atomic E-state index is 13.8. The van der Waals surface area contributed by atoms with Crippen LogP contribution in [0.4, 0.5) is 16.6 Å². The fourth-order valence-electron chi connectivity index (χ4n) is 7.95. The van der Waals surface area contributed by atoms with Crippen molar-refractivity contribution in [3.05, 3.63) is 77.9 Å². The minimum absolute atomic E-state index is 0.155. The first-order valence-corrected chi connectivity index (χ1v) is 20.1. The van der Waals surface area contributed by atoms with E-state index >= 15 is 0 Å². The second-order valence-corrected chi connectivity index (χ2v) is 16.4. The molecule has 2 aliphatic heterocycles. The number of nitrogens with one attached hydrogen (secondary N) is 2. The Morgan fingerprint density at radius 3 is 2.49 bits per heavy atom. The average molecular weight is 781 g/mol. The molecule has 16 nitrogen and oxygen atoms in total. The van der Waals surface area contributed by atoms with E-state index in [4.69, 9.17) is 19.7 Å². The van der Waals surface area contributed by atoms with E-state index in [1.54, 1.807) is 4.68 Å². The third-order valence-electron chi connectivity index (χ3n) is 11.3. The summed E-state index contributed by atoms with van der Waals surface area (Å²) >= 11 is 0. The molecule has 1 aromatic carbocycles. The third kappa shape index (κ3) is 9.23. The first-order valence-electron chi connectivity index (χ1n) is 20.1. The van der Waals surface area contributed by atoms with Crippen LogP contribution in [0, 0.1) is 0 Å². The number of anilines is 2. The molecule has 2 saturated heterocycles. The highest BCUT2D eigenvalue weighted by Crippen LogP contribution is 2.39. The Morgan fingerprint density at radius 1 is 0.965 bits per heavy atom. The Labute approximate surface area is 333 Å². The standard InChI is InChI=1S/C40H54N12O2.CH2O2/c1-28-10-8-9-17-50(28)39-45-44-36-16-13-30(27-51(36)39)54-34-15-14-33(31-11-6-7-12-32(31)34)42-38(53)43-37-24-35(40(2,3)4)46-52(37)29-25-41-49(26-29)23-22-48-20-18-47(5)19-21-48;2-1-3/h6-7,11-13,16,24-28,33-34H,8-10,14-15,17-23H2,1-5H3,(H2,42,43,53);1H,(H,2,3)/t28-,33-,34+;/m0./s1. The van der Waals surface area contributed by atoms with Gasteiger partial charge in [-0.3, -0.25) is 24.1 Å². The van der Waals surface area contributed by atoms with Crippen LogP contribution in [0.5, 0.6) is 5.75 Å². The van der Waals surface area contributed by atoms with Crippen LogP contribution in [0.15, 0.2) is 61.1 Å². The van der Waals surface area contributed by atoms with Crippen LogP contribution >= 0.6 is 0 Å². The van der Waals surface area contributed by atoms with Gasteiger partial charge in [-0.15, -0.1) is 10.2 Å². The maximum atomic E-state index is 13.8. The van der Waals surface area contributed by atoms with Crippen molar-refractivity contribution < 1.29 is 19.4 Å². The fraction of sp³-hybridized carbons (Fsp3) is 0.512. The molecule has 2 amide bonds. The van der Waals surface area contributed by atoms with Crippen LogP contribution in [0.25, 0.3) is 11.3 Å². The number of ether oxygens (including phenoxy) is 1. The summed E-state index contributed by atoms with van der Waals surface area (Å²) in [5.41, 5.74) is 4.42. The number of carboxylic acid groups (broad SMARTS) is 1. The molecule has 0 radical (unpaired) electrons. The van der Waals surface area contributed by atoms with E-state index in [0.717, 1.165) is 111 Å². The molecule has 0 bridgehead atoms. The number of amides is 2. The summed E-state index contributed by atoms with van der Waals surface area (Å²) in [6.07, 6.45) is 10.7. The molecule has 6 heterocycles. The van der Waals surface area contributed by atoms with Gasteiger partial charge in [0.15, 0.2) is 5.65 Å². The van der Waals surface area contributed by atoms with Crippen LogP contribution in [0.1, 0.15) is 88.8 Å². The molecule has 2 fully saturated rings. The zero-order valence-corrected chi connectivity index (χ0v) is 33.7. The highest BCUT2D eigenvalue weighted by atomic mass is 16.5. The van der Waals surface area contributed by atoms with Gasteiger partial charge in [0.05, 0.1) is 36.9 Å². The van der Waals surface area contributed by atoms with Crippen LogP contribution in [-0.4, -0.2) is 114 Å². The van der Waals surface area contributed by atoms with E-state index < -0.39 is 0 Å². The molecule has 5 aromatic rings. The number of hydrogen-bond acceptors (Lipinski definition) is 10. The SMILES string of the molecule is C[C@H]1CCCCN1c1nnc2ccc(O[C@@H]3CC[C@H](NC(=O)Nc4cc(C(C)(C)C)nn4-c4cnn(CCN5CCN(C)CC5)c4)c4ccccc43)cn12.O=CO. The highest BCUT2D eigenvalue weighted by Gasteiger charge is 2.31. The lowest BCUT2D eigenvalue weighted by molar-refractivity contribution is -0.122. The number of carbonyl (C=O) groups is 2. The van der Waals surface area contributed by atoms with Crippen LogP contribution in [-0.2, 0) is 16.8 Å². The van der Waals surface area contributed by atoms with Crippen LogP contribution < -0.4 is 20.3 Å². The smallest absolute Gasteiger partial charge is 0.320 e. The summed E-state index contributed by atoms with van der Waals surface area (Å²) < 4.78 is 12.5. The second-order valence-electron chi connectivity index (χ2n) is 16.4. The molecule has 16 heteroatoms. The van der Waals surface area contributed by atoms with Crippen molar-refractivity contribution in [3.63, 3.8) is 0 Å². The Bertz CT molecular complexity index is 2130. The Balaban J connectivity index is 0.00000160. The molecule has 3 aliphatic rings. The zero-order valence-electron chi connectivity index (χ0n) is 33.7. The molecule has 57 heavy (non-hydrogen) atoms. The highest BCUT2D eigenvalue weighted by molar-refractivity contribution is 5.89. The minimum atomic E-state index is -0.282. The number of pyridine rings is 1. The Kier molecular flexibility index (Phi) is 12.1. The molecule has 0 saturated carbocycles. The number of nitrogens with zero attached hydrogens (tertiary/aromatic N) is 10. The lowest BCUT2D eigenvalue weighted by Gasteiger charge is -2.33. The predicted octanol–water partition coefficient (Wildman–Crippen LogP) is 5.51. The van der Waals surface area contributed by atoms with Crippen molar-refractivity contribution in [1.29, 1.82) is 0 Å². The number of likely N-dealkylation sites (N-methyl/N-ethyl adjacent to an activating group) is 1. The van der Waals surface area contributed by atoms with Crippen LogP contribution in [0.3, 0.4) is 0 Å². The molecule has 3 atom stereocenters. The molecule has 304 valence electrons. The number of fused-ring (bicyclic) bond motifs is 2. The third-order valence-corrected chi connectivity index (χ3v) is 11.3. The Morgan fingerprint density at radius 2 is 1.74 bits per heavy atom. The van der Waals surface area contributed by atoms with E-state index in [0.29, 0.717) is 11.9 Å². The van der Waals surface area contributed by atoms with Gasteiger partial charge in [-0.05, 0) is 69.3 Å². The number of piperidine rings is 1. The largest absolute Gasteiger partial charge is 0.484 e. The van der Waals surface area contributed by atoms with Crippen molar-refractivity contribution in [1.82, 2.24) is 49.3 Å². The molecule has 8 rings (SSSR count). The molecular formula is C41H56N12O4. The van der Waals surface area contributed by atoms with Crippen LogP contribution in [0.2, 0.25) is 0 Å². The van der Waals surface area contributed by atoms with Crippen molar-refractivity contribution in [2.24, 2.45) is 0 Å². The van der Waals surface area contributed by atoms with Gasteiger partial charge in [-0.25, -0.2) is 9.48 Å². The van der Waals surface area contributed by atoms with Crippen molar-refractivity contribution in [3.8, 4) is 11.4 Å². The molecular weight excluding hydrogens is 725 g/mol. The number of piperazine rings is 1. The summed E-state index contributed by atoms with van der Waals surface area (Å²) in [7, 11) is 2.17. The van der Waals surface area contributed by atoms with Crippen molar-refractivity contribution in [2.45, 2.75) is 89.9 Å². The number of aromatic nitrogens is 7. The molecule has 4 aromatic heterocycles. The summed E-state index contributed by atoms with van der Waals surface area (Å²) in [5, 5.41) is 31.9. The lowest BCUT2D eigenvalue weighted by atomic mass is 9.85. The number of rotatable bonds is 9. The first-order chi connectivity index (χ1) is 27.5. The van der Waals surface area contributed by atoms with E-state index in [9.17, 15) is 4.79 Å². The number of carbonyl (C=O) groups excluding carboxylic acids is 1. The number of urea groups is 1. The molecule has 0 spiro atoms. The fourth-order valence-corrected chi connectivity index (χ4v) is 7.95. The van der Waals surface area contributed by atoms with Gasteiger partial charge in [0.1, 0.15) is 23.4 Å². The topological polar surface area (TPSA) is 163 Å². The number of benzene rings is 1. The van der Waals surface area contributed by atoms with Gasteiger partial charge in [0.25, 0.3) is 6.47 Å². The summed E-state index contributed by atoms with van der Waals surface area (Å²) in [4.78, 5) is 29.3. The van der Waals surface area contributed by atoms with E-state index in [1.165, 1.54) is 6.42 Å². The van der Waals surface area contributed by atoms with Gasteiger partial charge in [0.2, 0.25) is 5.95 Å². The lowest BCUT2D eigenvalue weighted by Crippen LogP contribution is -2.45. The maximum Gasteiger partial charge on any atom is 0.320 e. The molecule has 1 aliphatic carbocycles.